The average Bonchev–Trinajstić information content (AvgIpc) is 2.64. The molecule has 0 bridgehead atoms. The second-order valence-corrected chi connectivity index (χ2v) is 9.08. The van der Waals surface area contributed by atoms with Gasteiger partial charge in [-0.15, -0.1) is 0 Å². The van der Waals surface area contributed by atoms with E-state index in [1.54, 1.807) is 36.4 Å². The van der Waals surface area contributed by atoms with Crippen molar-refractivity contribution in [2.24, 2.45) is 0 Å². The Labute approximate surface area is 208 Å². The van der Waals surface area contributed by atoms with Crippen LogP contribution in [0.2, 0.25) is 5.02 Å². The topological polar surface area (TPSA) is 95.9 Å². The minimum atomic E-state index is -1.09. The summed E-state index contributed by atoms with van der Waals surface area (Å²) >= 11 is 15.2. The van der Waals surface area contributed by atoms with Gasteiger partial charge < -0.3 is 9.84 Å². The summed E-state index contributed by atoms with van der Waals surface area (Å²) in [5.41, 5.74) is 0.906. The fraction of sp³-hybridized carbons (Fsp3) is 0.0526. The number of hydrogen-bond donors (Lipinski definition) is 2. The lowest BCUT2D eigenvalue weighted by atomic mass is 10.1. The third kappa shape index (κ3) is 5.10. The molecule has 30 heavy (non-hydrogen) atoms. The number of aliphatic carboxylic acids is 1. The number of carbonyl (C=O) groups excluding carboxylic acids is 2. The maximum absolute atomic E-state index is 13.0. The van der Waals surface area contributed by atoms with Crippen LogP contribution in [0.1, 0.15) is 5.56 Å². The molecule has 2 aromatic rings. The summed E-state index contributed by atoms with van der Waals surface area (Å²) in [6.07, 6.45) is 1.45. The van der Waals surface area contributed by atoms with Gasteiger partial charge in [-0.3, -0.25) is 19.8 Å². The molecule has 11 heteroatoms. The highest BCUT2D eigenvalue weighted by Gasteiger charge is 2.34. The van der Waals surface area contributed by atoms with Gasteiger partial charge in [0.1, 0.15) is 11.3 Å². The van der Waals surface area contributed by atoms with Crippen molar-refractivity contribution in [2.45, 2.75) is 0 Å². The van der Waals surface area contributed by atoms with Crippen LogP contribution < -0.4 is 15.0 Å². The van der Waals surface area contributed by atoms with Gasteiger partial charge in [-0.1, -0.05) is 17.7 Å². The minimum Gasteiger partial charge on any atom is -0.480 e. The highest BCUT2D eigenvalue weighted by Crippen LogP contribution is 2.31. The third-order valence-electron chi connectivity index (χ3n) is 3.84. The Morgan fingerprint density at radius 2 is 1.90 bits per heavy atom. The molecule has 1 aliphatic rings. The van der Waals surface area contributed by atoms with Gasteiger partial charge in [0.25, 0.3) is 11.8 Å². The lowest BCUT2D eigenvalue weighted by molar-refractivity contribution is -0.139. The zero-order chi connectivity index (χ0) is 22.0. The number of nitrogens with one attached hydrogen (secondary N) is 1. The minimum absolute atomic E-state index is 0.0361. The number of nitrogens with zero attached hydrogens (tertiary/aromatic N) is 1. The van der Waals surface area contributed by atoms with Crippen molar-refractivity contribution in [2.75, 3.05) is 11.5 Å². The molecule has 2 amide bonds. The molecule has 3 rings (SSSR count). The summed E-state index contributed by atoms with van der Waals surface area (Å²) in [7, 11) is 0. The summed E-state index contributed by atoms with van der Waals surface area (Å²) in [4.78, 5) is 37.4. The Morgan fingerprint density at radius 1 is 1.23 bits per heavy atom. The van der Waals surface area contributed by atoms with Gasteiger partial charge >= 0.3 is 5.97 Å². The van der Waals surface area contributed by atoms with Gasteiger partial charge in [0.15, 0.2) is 11.7 Å². The number of ether oxygens (including phenoxy) is 1. The number of carbonyl (C=O) groups is 3. The second kappa shape index (κ2) is 9.58. The first-order chi connectivity index (χ1) is 14.2. The lowest BCUT2D eigenvalue weighted by Crippen LogP contribution is -2.54. The van der Waals surface area contributed by atoms with Crippen molar-refractivity contribution >= 4 is 104 Å². The van der Waals surface area contributed by atoms with Crippen LogP contribution >= 0.6 is 69.0 Å². The molecule has 0 saturated carbocycles. The van der Waals surface area contributed by atoms with E-state index in [-0.39, 0.29) is 10.7 Å². The van der Waals surface area contributed by atoms with Crippen molar-refractivity contribution in [3.63, 3.8) is 0 Å². The molecule has 0 atom stereocenters. The molecule has 0 spiro atoms. The summed E-state index contributed by atoms with van der Waals surface area (Å²) < 4.78 is 6.57. The van der Waals surface area contributed by atoms with Gasteiger partial charge in [0.2, 0.25) is 0 Å². The van der Waals surface area contributed by atoms with Gasteiger partial charge in [-0.2, -0.15) is 0 Å². The molecule has 7 nitrogen and oxygen atoms in total. The Morgan fingerprint density at radius 3 is 2.50 bits per heavy atom. The first kappa shape index (κ1) is 22.9. The van der Waals surface area contributed by atoms with Gasteiger partial charge in [-0.05, 0) is 99.4 Å². The largest absolute Gasteiger partial charge is 0.480 e. The number of carboxylic acids is 1. The normalized spacial score (nSPS) is 15.4. The Balaban J connectivity index is 1.97. The fourth-order valence-electron chi connectivity index (χ4n) is 2.61. The van der Waals surface area contributed by atoms with Crippen LogP contribution in [-0.4, -0.2) is 34.6 Å². The van der Waals surface area contributed by atoms with E-state index < -0.39 is 24.4 Å². The number of anilines is 1. The predicted molar refractivity (Wildman–Crippen MR) is 133 cm³/mol. The summed E-state index contributed by atoms with van der Waals surface area (Å²) in [5, 5.41) is 11.7. The Hall–Kier alpha value is -1.77. The standard InChI is InChI=1S/C19H11ClI2N2O5S/c20-10-2-1-3-11(7-10)24-18(28)12(17(27)23-19(24)30)4-9-5-13(21)16(14(22)6-9)29-8-15(25)26/h1-7H,8H2,(H,25,26)(H,23,27,30)/b12-4+. The van der Waals surface area contributed by atoms with Crippen LogP contribution in [-0.2, 0) is 14.4 Å². The molecule has 1 heterocycles. The van der Waals surface area contributed by atoms with Crippen LogP contribution in [0, 0.1) is 7.14 Å². The molecule has 154 valence electrons. The van der Waals surface area contributed by atoms with Crippen molar-refractivity contribution in [1.29, 1.82) is 0 Å². The van der Waals surface area contributed by atoms with Crippen molar-refractivity contribution < 1.29 is 24.2 Å². The highest BCUT2D eigenvalue weighted by atomic mass is 127. The van der Waals surface area contributed by atoms with Gasteiger partial charge in [-0.25, -0.2) is 4.79 Å². The van der Waals surface area contributed by atoms with Crippen molar-refractivity contribution in [3.8, 4) is 5.75 Å². The predicted octanol–water partition coefficient (Wildman–Crippen LogP) is 3.84. The molecule has 0 unspecified atom stereocenters. The second-order valence-electron chi connectivity index (χ2n) is 5.93. The quantitative estimate of drug-likeness (QED) is 0.218. The van der Waals surface area contributed by atoms with Crippen molar-refractivity contribution in [3.05, 3.63) is 59.7 Å². The van der Waals surface area contributed by atoms with Crippen LogP contribution in [0.15, 0.2) is 42.0 Å². The smallest absolute Gasteiger partial charge is 0.341 e. The molecular formula is C19H11ClI2N2O5S. The van der Waals surface area contributed by atoms with E-state index in [1.807, 2.05) is 45.2 Å². The Bertz CT molecular complexity index is 1100. The molecule has 0 aliphatic carbocycles. The summed E-state index contributed by atoms with van der Waals surface area (Å²) in [6, 6.07) is 9.94. The number of amides is 2. The number of thiocarbonyl (C=S) groups is 1. The van der Waals surface area contributed by atoms with Crippen LogP contribution in [0.4, 0.5) is 5.69 Å². The van der Waals surface area contributed by atoms with Crippen LogP contribution in [0.3, 0.4) is 0 Å². The monoisotopic (exact) mass is 668 g/mol. The van der Waals surface area contributed by atoms with E-state index in [0.29, 0.717) is 29.2 Å². The summed E-state index contributed by atoms with van der Waals surface area (Å²) in [5.74, 6) is -1.86. The molecule has 1 aliphatic heterocycles. The zero-order valence-electron chi connectivity index (χ0n) is 14.8. The van der Waals surface area contributed by atoms with Gasteiger partial charge in [0, 0.05) is 5.02 Å². The fourth-order valence-corrected chi connectivity index (χ4v) is 5.20. The molecular weight excluding hydrogens is 658 g/mol. The van der Waals surface area contributed by atoms with E-state index in [9.17, 15) is 14.4 Å². The third-order valence-corrected chi connectivity index (χ3v) is 5.96. The summed E-state index contributed by atoms with van der Waals surface area (Å²) in [6.45, 7) is -0.473. The number of carboxylic acid groups (broad SMARTS) is 1. The van der Waals surface area contributed by atoms with Crippen molar-refractivity contribution in [1.82, 2.24) is 5.32 Å². The van der Waals surface area contributed by atoms with E-state index in [0.717, 1.165) is 0 Å². The van der Waals surface area contributed by atoms with Crippen LogP contribution in [0.5, 0.6) is 5.75 Å². The first-order valence-electron chi connectivity index (χ1n) is 8.18. The Kier molecular flexibility index (Phi) is 7.31. The van der Waals surface area contributed by atoms with Gasteiger partial charge in [0.05, 0.1) is 12.8 Å². The highest BCUT2D eigenvalue weighted by molar-refractivity contribution is 14.1. The average molecular weight is 669 g/mol. The van der Waals surface area contributed by atoms with Crippen LogP contribution in [0.25, 0.3) is 6.08 Å². The number of halogens is 3. The number of hydrogen-bond acceptors (Lipinski definition) is 5. The number of rotatable bonds is 5. The molecule has 2 aromatic carbocycles. The molecule has 1 saturated heterocycles. The van der Waals surface area contributed by atoms with E-state index in [4.69, 9.17) is 33.7 Å². The lowest BCUT2D eigenvalue weighted by Gasteiger charge is -2.29. The number of benzene rings is 2. The maximum atomic E-state index is 13.0. The zero-order valence-corrected chi connectivity index (χ0v) is 20.7. The molecule has 0 aromatic heterocycles. The molecule has 1 fully saturated rings. The SMILES string of the molecule is O=C(O)COc1c(I)cc(/C=C2\C(=O)NC(=S)N(c3cccc(Cl)c3)C2=O)cc1I. The first-order valence-corrected chi connectivity index (χ1v) is 11.1. The van der Waals surface area contributed by atoms with E-state index in [1.165, 1.54) is 11.0 Å². The molecule has 0 radical (unpaired) electrons. The molecule has 2 N–H and O–H groups in total. The van der Waals surface area contributed by atoms with E-state index >= 15 is 0 Å². The van der Waals surface area contributed by atoms with E-state index in [2.05, 4.69) is 5.32 Å². The maximum Gasteiger partial charge on any atom is 0.341 e.